The van der Waals surface area contributed by atoms with Crippen LogP contribution in [0.4, 0.5) is 8.78 Å². The molecule has 0 amide bonds. The van der Waals surface area contributed by atoms with Crippen LogP contribution in [0.5, 0.6) is 5.75 Å². The van der Waals surface area contributed by atoms with Gasteiger partial charge in [0.1, 0.15) is 6.61 Å². The molecule has 6 heteroatoms. The Labute approximate surface area is 122 Å². The van der Waals surface area contributed by atoms with Crippen LogP contribution < -0.4 is 10.5 Å². The average molecular weight is 295 g/mol. The minimum Gasteiger partial charge on any atom is -0.486 e. The SMILES string of the molecule is CCC(N)Cc1cc(F)c(OCCn2ccnc2)c(F)c1. The van der Waals surface area contributed by atoms with Crippen LogP contribution in [0.1, 0.15) is 18.9 Å². The van der Waals surface area contributed by atoms with Crippen molar-refractivity contribution in [3.8, 4) is 5.75 Å². The van der Waals surface area contributed by atoms with Gasteiger partial charge in [-0.15, -0.1) is 0 Å². The van der Waals surface area contributed by atoms with E-state index in [1.807, 2.05) is 6.92 Å². The molecule has 0 aliphatic rings. The molecule has 0 radical (unpaired) electrons. The first-order valence-corrected chi connectivity index (χ1v) is 6.92. The van der Waals surface area contributed by atoms with Crippen molar-refractivity contribution in [1.82, 2.24) is 9.55 Å². The molecule has 2 aromatic rings. The van der Waals surface area contributed by atoms with Crippen LogP contribution in [0.3, 0.4) is 0 Å². The lowest BCUT2D eigenvalue weighted by Crippen LogP contribution is -2.21. The normalized spacial score (nSPS) is 12.4. The van der Waals surface area contributed by atoms with Crippen molar-refractivity contribution >= 4 is 0 Å². The van der Waals surface area contributed by atoms with Crippen LogP contribution in [-0.4, -0.2) is 22.2 Å². The fourth-order valence-corrected chi connectivity index (χ4v) is 1.99. The molecule has 0 aliphatic carbocycles. The monoisotopic (exact) mass is 295 g/mol. The first-order valence-electron chi connectivity index (χ1n) is 6.92. The lowest BCUT2D eigenvalue weighted by Gasteiger charge is -2.12. The van der Waals surface area contributed by atoms with Crippen LogP contribution in [0.2, 0.25) is 0 Å². The molecule has 0 fully saturated rings. The Morgan fingerprint density at radius 3 is 2.62 bits per heavy atom. The molecule has 0 aliphatic heterocycles. The molecule has 2 N–H and O–H groups in total. The smallest absolute Gasteiger partial charge is 0.190 e. The highest BCUT2D eigenvalue weighted by molar-refractivity contribution is 5.31. The van der Waals surface area contributed by atoms with Gasteiger partial charge in [0.05, 0.1) is 12.9 Å². The summed E-state index contributed by atoms with van der Waals surface area (Å²) in [6.45, 7) is 2.57. The quantitative estimate of drug-likeness (QED) is 0.854. The fraction of sp³-hybridized carbons (Fsp3) is 0.400. The summed E-state index contributed by atoms with van der Waals surface area (Å²) < 4.78 is 34.8. The van der Waals surface area contributed by atoms with Crippen molar-refractivity contribution in [2.24, 2.45) is 5.73 Å². The number of aromatic nitrogens is 2. The van der Waals surface area contributed by atoms with E-state index in [0.29, 0.717) is 18.5 Å². The number of hydrogen-bond acceptors (Lipinski definition) is 3. The number of nitrogens with zero attached hydrogens (tertiary/aromatic N) is 2. The maximum absolute atomic E-state index is 13.9. The summed E-state index contributed by atoms with van der Waals surface area (Å²) >= 11 is 0. The van der Waals surface area contributed by atoms with Crippen LogP contribution in [-0.2, 0) is 13.0 Å². The summed E-state index contributed by atoms with van der Waals surface area (Å²) in [6.07, 6.45) is 6.20. The Bertz CT molecular complexity index is 549. The van der Waals surface area contributed by atoms with Crippen molar-refractivity contribution in [2.45, 2.75) is 32.4 Å². The lowest BCUT2D eigenvalue weighted by molar-refractivity contribution is 0.269. The highest BCUT2D eigenvalue weighted by Gasteiger charge is 2.14. The Morgan fingerprint density at radius 2 is 2.05 bits per heavy atom. The van der Waals surface area contributed by atoms with E-state index in [4.69, 9.17) is 10.5 Å². The summed E-state index contributed by atoms with van der Waals surface area (Å²) in [6, 6.07) is 2.47. The van der Waals surface area contributed by atoms with Crippen molar-refractivity contribution in [2.75, 3.05) is 6.61 Å². The standard InChI is InChI=1S/C15H19F2N3O/c1-2-12(18)7-11-8-13(16)15(14(17)9-11)21-6-5-20-4-3-19-10-20/h3-4,8-10,12H,2,5-7,18H2,1H3. The zero-order valence-corrected chi connectivity index (χ0v) is 11.9. The second kappa shape index (κ2) is 7.17. The molecular formula is C15H19F2N3O. The molecule has 114 valence electrons. The molecule has 1 aromatic carbocycles. The number of benzene rings is 1. The van der Waals surface area contributed by atoms with Gasteiger partial charge in [-0.2, -0.15) is 0 Å². The van der Waals surface area contributed by atoms with E-state index in [2.05, 4.69) is 4.98 Å². The van der Waals surface area contributed by atoms with Gasteiger partial charge in [-0.1, -0.05) is 6.92 Å². The van der Waals surface area contributed by atoms with Crippen LogP contribution in [0.25, 0.3) is 0 Å². The number of rotatable bonds is 7. The van der Waals surface area contributed by atoms with Crippen molar-refractivity contribution in [3.05, 3.63) is 48.1 Å². The number of ether oxygens (including phenoxy) is 1. The van der Waals surface area contributed by atoms with Gasteiger partial charge in [0, 0.05) is 18.4 Å². The van der Waals surface area contributed by atoms with Crippen molar-refractivity contribution in [1.29, 1.82) is 0 Å². The van der Waals surface area contributed by atoms with Gasteiger partial charge in [0.2, 0.25) is 0 Å². The Hall–Kier alpha value is -1.95. The maximum atomic E-state index is 13.9. The summed E-state index contributed by atoms with van der Waals surface area (Å²) in [5, 5.41) is 0. The highest BCUT2D eigenvalue weighted by Crippen LogP contribution is 2.24. The van der Waals surface area contributed by atoms with E-state index in [1.165, 1.54) is 12.1 Å². The molecule has 4 nitrogen and oxygen atoms in total. The molecule has 21 heavy (non-hydrogen) atoms. The predicted molar refractivity (Wildman–Crippen MR) is 76.1 cm³/mol. The number of imidazole rings is 1. The van der Waals surface area contributed by atoms with E-state index < -0.39 is 11.6 Å². The minimum atomic E-state index is -0.695. The van der Waals surface area contributed by atoms with Crippen LogP contribution >= 0.6 is 0 Å². The van der Waals surface area contributed by atoms with Gasteiger partial charge in [0.15, 0.2) is 17.4 Å². The molecule has 1 atom stereocenters. The Kier molecular flexibility index (Phi) is 5.27. The summed E-state index contributed by atoms with van der Waals surface area (Å²) in [5.74, 6) is -1.73. The molecule has 1 heterocycles. The van der Waals surface area contributed by atoms with Crippen LogP contribution in [0, 0.1) is 11.6 Å². The topological polar surface area (TPSA) is 53.1 Å². The van der Waals surface area contributed by atoms with E-state index in [1.54, 1.807) is 23.3 Å². The molecular weight excluding hydrogens is 276 g/mol. The summed E-state index contributed by atoms with van der Waals surface area (Å²) in [7, 11) is 0. The third-order valence-electron chi connectivity index (χ3n) is 3.24. The largest absolute Gasteiger partial charge is 0.486 e. The van der Waals surface area contributed by atoms with E-state index in [-0.39, 0.29) is 18.4 Å². The molecule has 2 rings (SSSR count). The fourth-order valence-electron chi connectivity index (χ4n) is 1.99. The van der Waals surface area contributed by atoms with E-state index in [0.717, 1.165) is 6.42 Å². The van der Waals surface area contributed by atoms with Crippen molar-refractivity contribution < 1.29 is 13.5 Å². The van der Waals surface area contributed by atoms with E-state index >= 15 is 0 Å². The van der Waals surface area contributed by atoms with Crippen LogP contribution in [0.15, 0.2) is 30.9 Å². The lowest BCUT2D eigenvalue weighted by atomic mass is 10.0. The summed E-state index contributed by atoms with van der Waals surface area (Å²) in [5.41, 5.74) is 6.34. The van der Waals surface area contributed by atoms with Gasteiger partial charge >= 0.3 is 0 Å². The van der Waals surface area contributed by atoms with E-state index in [9.17, 15) is 8.78 Å². The minimum absolute atomic E-state index is 0.100. The number of hydrogen-bond donors (Lipinski definition) is 1. The molecule has 0 saturated carbocycles. The van der Waals surface area contributed by atoms with Gasteiger partial charge in [-0.3, -0.25) is 0 Å². The number of nitrogens with two attached hydrogens (primary N) is 1. The molecule has 0 bridgehead atoms. The second-order valence-corrected chi connectivity index (χ2v) is 4.91. The average Bonchev–Trinajstić information content (AvgIpc) is 2.95. The van der Waals surface area contributed by atoms with Gasteiger partial charge in [0.25, 0.3) is 0 Å². The Balaban J connectivity index is 1.99. The maximum Gasteiger partial charge on any atom is 0.190 e. The van der Waals surface area contributed by atoms with Gasteiger partial charge < -0.3 is 15.0 Å². The number of halogens is 2. The summed E-state index contributed by atoms with van der Waals surface area (Å²) in [4.78, 5) is 3.88. The van der Waals surface area contributed by atoms with Crippen molar-refractivity contribution in [3.63, 3.8) is 0 Å². The zero-order chi connectivity index (χ0) is 15.2. The first kappa shape index (κ1) is 15.4. The molecule has 1 unspecified atom stereocenters. The zero-order valence-electron chi connectivity index (χ0n) is 11.9. The predicted octanol–water partition coefficient (Wildman–Crippen LogP) is 2.52. The van der Waals surface area contributed by atoms with Gasteiger partial charge in [-0.25, -0.2) is 13.8 Å². The third-order valence-corrected chi connectivity index (χ3v) is 3.24. The molecule has 0 spiro atoms. The van der Waals surface area contributed by atoms with Gasteiger partial charge in [-0.05, 0) is 30.5 Å². The second-order valence-electron chi connectivity index (χ2n) is 4.91. The highest BCUT2D eigenvalue weighted by atomic mass is 19.1. The molecule has 0 saturated heterocycles. The first-order chi connectivity index (χ1) is 10.1. The Morgan fingerprint density at radius 1 is 1.33 bits per heavy atom. The third kappa shape index (κ3) is 4.26. The molecule has 1 aromatic heterocycles.